The summed E-state index contributed by atoms with van der Waals surface area (Å²) in [5.41, 5.74) is 1.41. The van der Waals surface area contributed by atoms with Crippen LogP contribution in [0.1, 0.15) is 19.4 Å². The SMILES string of the molecule is C#Cc1cccc(NC(=O)CNC(=NC)NC(C)C)c1. The Kier molecular flexibility index (Phi) is 6.11. The summed E-state index contributed by atoms with van der Waals surface area (Å²) in [6.07, 6.45) is 5.31. The van der Waals surface area contributed by atoms with Crippen molar-refractivity contribution in [1.82, 2.24) is 10.6 Å². The first kappa shape index (κ1) is 15.6. The summed E-state index contributed by atoms with van der Waals surface area (Å²) < 4.78 is 0. The number of guanidine groups is 1. The summed E-state index contributed by atoms with van der Waals surface area (Å²) in [6, 6.07) is 7.40. The second kappa shape index (κ2) is 7.85. The summed E-state index contributed by atoms with van der Waals surface area (Å²) in [4.78, 5) is 15.8. The average Bonchev–Trinajstić information content (AvgIpc) is 2.43. The molecule has 0 fully saturated rings. The van der Waals surface area contributed by atoms with Crippen LogP contribution in [0, 0.1) is 12.3 Å². The molecule has 0 saturated carbocycles. The van der Waals surface area contributed by atoms with Crippen LogP contribution in [0.5, 0.6) is 0 Å². The Morgan fingerprint density at radius 2 is 2.20 bits per heavy atom. The molecule has 0 unspecified atom stereocenters. The standard InChI is InChI=1S/C15H20N4O/c1-5-12-7-6-8-13(9-12)19-14(20)10-17-15(16-4)18-11(2)3/h1,6-9,11H,10H2,2-4H3,(H,19,20)(H2,16,17,18). The van der Waals surface area contributed by atoms with Crippen LogP contribution in [-0.2, 0) is 4.79 Å². The van der Waals surface area contributed by atoms with Gasteiger partial charge in [-0.15, -0.1) is 6.42 Å². The highest BCUT2D eigenvalue weighted by atomic mass is 16.1. The van der Waals surface area contributed by atoms with Gasteiger partial charge in [0.1, 0.15) is 0 Å². The highest BCUT2D eigenvalue weighted by Crippen LogP contribution is 2.09. The summed E-state index contributed by atoms with van der Waals surface area (Å²) in [5, 5.41) is 8.80. The molecule has 1 amide bonds. The Hall–Kier alpha value is -2.48. The maximum atomic E-state index is 11.8. The number of carbonyl (C=O) groups is 1. The molecule has 0 atom stereocenters. The van der Waals surface area contributed by atoms with E-state index in [4.69, 9.17) is 6.42 Å². The van der Waals surface area contributed by atoms with E-state index < -0.39 is 0 Å². The van der Waals surface area contributed by atoms with Gasteiger partial charge in [0, 0.05) is 24.3 Å². The predicted molar refractivity (Wildman–Crippen MR) is 82.6 cm³/mol. The molecule has 1 aromatic rings. The molecule has 0 radical (unpaired) electrons. The van der Waals surface area contributed by atoms with Crippen molar-refractivity contribution in [2.75, 3.05) is 18.9 Å². The second-order valence-corrected chi connectivity index (χ2v) is 4.50. The van der Waals surface area contributed by atoms with Crippen LogP contribution in [0.4, 0.5) is 5.69 Å². The van der Waals surface area contributed by atoms with Crippen LogP contribution in [0.25, 0.3) is 0 Å². The van der Waals surface area contributed by atoms with E-state index in [0.29, 0.717) is 11.6 Å². The van der Waals surface area contributed by atoms with Crippen molar-refractivity contribution in [2.45, 2.75) is 19.9 Å². The Labute approximate surface area is 119 Å². The number of terminal acetylenes is 1. The molecule has 1 rings (SSSR count). The van der Waals surface area contributed by atoms with E-state index in [1.54, 1.807) is 25.2 Å². The van der Waals surface area contributed by atoms with Crippen molar-refractivity contribution in [1.29, 1.82) is 0 Å². The number of hydrogen-bond donors (Lipinski definition) is 3. The molecule has 1 aromatic carbocycles. The van der Waals surface area contributed by atoms with Crippen LogP contribution in [0.15, 0.2) is 29.3 Å². The Balaban J connectivity index is 2.49. The highest BCUT2D eigenvalue weighted by molar-refractivity contribution is 5.95. The number of hydrogen-bond acceptors (Lipinski definition) is 2. The lowest BCUT2D eigenvalue weighted by molar-refractivity contribution is -0.115. The maximum absolute atomic E-state index is 11.8. The largest absolute Gasteiger partial charge is 0.354 e. The number of amides is 1. The minimum atomic E-state index is -0.161. The van der Waals surface area contributed by atoms with E-state index in [-0.39, 0.29) is 18.5 Å². The summed E-state index contributed by atoms with van der Waals surface area (Å²) >= 11 is 0. The fourth-order valence-electron chi connectivity index (χ4n) is 1.52. The van der Waals surface area contributed by atoms with E-state index in [2.05, 4.69) is 26.9 Å². The topological polar surface area (TPSA) is 65.5 Å². The van der Waals surface area contributed by atoms with Gasteiger partial charge in [-0.25, -0.2) is 0 Å². The zero-order valence-electron chi connectivity index (χ0n) is 12.0. The van der Waals surface area contributed by atoms with Crippen molar-refractivity contribution < 1.29 is 4.79 Å². The molecule has 0 aromatic heterocycles. The third-order valence-corrected chi connectivity index (χ3v) is 2.38. The van der Waals surface area contributed by atoms with Gasteiger partial charge in [-0.3, -0.25) is 9.79 Å². The van der Waals surface area contributed by atoms with Crippen molar-refractivity contribution in [3.05, 3.63) is 29.8 Å². The van der Waals surface area contributed by atoms with Crippen LogP contribution < -0.4 is 16.0 Å². The van der Waals surface area contributed by atoms with Gasteiger partial charge in [0.05, 0.1) is 6.54 Å². The van der Waals surface area contributed by atoms with Gasteiger partial charge >= 0.3 is 0 Å². The number of nitrogens with zero attached hydrogens (tertiary/aromatic N) is 1. The van der Waals surface area contributed by atoms with Gasteiger partial charge in [0.15, 0.2) is 5.96 Å². The van der Waals surface area contributed by atoms with Crippen LogP contribution in [0.2, 0.25) is 0 Å². The maximum Gasteiger partial charge on any atom is 0.243 e. The fraction of sp³-hybridized carbons (Fsp3) is 0.333. The van der Waals surface area contributed by atoms with Gasteiger partial charge in [-0.2, -0.15) is 0 Å². The molecule has 20 heavy (non-hydrogen) atoms. The van der Waals surface area contributed by atoms with E-state index >= 15 is 0 Å². The van der Waals surface area contributed by atoms with Gasteiger partial charge in [0.25, 0.3) is 0 Å². The lowest BCUT2D eigenvalue weighted by atomic mass is 10.2. The van der Waals surface area contributed by atoms with Gasteiger partial charge in [-0.05, 0) is 32.0 Å². The number of carbonyl (C=O) groups excluding carboxylic acids is 1. The predicted octanol–water partition coefficient (Wildman–Crippen LogP) is 1.18. The van der Waals surface area contributed by atoms with Crippen LogP contribution in [0.3, 0.4) is 0 Å². The lowest BCUT2D eigenvalue weighted by Gasteiger charge is -2.14. The summed E-state index contributed by atoms with van der Waals surface area (Å²) in [6.45, 7) is 4.13. The second-order valence-electron chi connectivity index (χ2n) is 4.50. The fourth-order valence-corrected chi connectivity index (χ4v) is 1.52. The van der Waals surface area contributed by atoms with E-state index in [1.165, 1.54) is 0 Å². The Bertz CT molecular complexity index is 529. The molecular formula is C15H20N4O. The minimum Gasteiger partial charge on any atom is -0.354 e. The summed E-state index contributed by atoms with van der Waals surface area (Å²) in [7, 11) is 1.66. The first-order valence-electron chi connectivity index (χ1n) is 6.39. The average molecular weight is 272 g/mol. The van der Waals surface area contributed by atoms with E-state index in [9.17, 15) is 4.79 Å². The molecule has 0 heterocycles. The molecule has 0 aliphatic heterocycles. The molecule has 0 spiro atoms. The van der Waals surface area contributed by atoms with Gasteiger partial charge < -0.3 is 16.0 Å². The Morgan fingerprint density at radius 3 is 2.80 bits per heavy atom. The molecule has 0 bridgehead atoms. The third-order valence-electron chi connectivity index (χ3n) is 2.38. The minimum absolute atomic E-state index is 0.132. The van der Waals surface area contributed by atoms with Crippen molar-refractivity contribution >= 4 is 17.6 Å². The van der Waals surface area contributed by atoms with Gasteiger partial charge in [-0.1, -0.05) is 12.0 Å². The zero-order chi connectivity index (χ0) is 15.0. The highest BCUT2D eigenvalue weighted by Gasteiger charge is 2.05. The van der Waals surface area contributed by atoms with Crippen molar-refractivity contribution in [2.24, 2.45) is 4.99 Å². The molecule has 0 saturated heterocycles. The first-order valence-corrected chi connectivity index (χ1v) is 6.39. The van der Waals surface area contributed by atoms with Crippen molar-refractivity contribution in [3.63, 3.8) is 0 Å². The van der Waals surface area contributed by atoms with Crippen molar-refractivity contribution in [3.8, 4) is 12.3 Å². The monoisotopic (exact) mass is 272 g/mol. The molecule has 5 nitrogen and oxygen atoms in total. The molecule has 106 valence electrons. The normalized spacial score (nSPS) is 10.8. The van der Waals surface area contributed by atoms with Crippen LogP contribution in [-0.4, -0.2) is 31.5 Å². The molecule has 0 aliphatic rings. The summed E-state index contributed by atoms with van der Waals surface area (Å²) in [5.74, 6) is 2.95. The third kappa shape index (κ3) is 5.44. The number of aliphatic imine (C=N–C) groups is 1. The number of nitrogens with one attached hydrogen (secondary N) is 3. The molecule has 0 aliphatic carbocycles. The molecule has 5 heteroatoms. The smallest absolute Gasteiger partial charge is 0.243 e. The molecular weight excluding hydrogens is 252 g/mol. The zero-order valence-corrected chi connectivity index (χ0v) is 12.0. The Morgan fingerprint density at radius 1 is 1.45 bits per heavy atom. The van der Waals surface area contributed by atoms with E-state index in [0.717, 1.165) is 5.56 Å². The number of rotatable bonds is 4. The number of benzene rings is 1. The van der Waals surface area contributed by atoms with Crippen LogP contribution >= 0.6 is 0 Å². The van der Waals surface area contributed by atoms with Gasteiger partial charge in [0.2, 0.25) is 5.91 Å². The van der Waals surface area contributed by atoms with E-state index in [1.807, 2.05) is 19.9 Å². The number of anilines is 1. The molecule has 3 N–H and O–H groups in total. The lowest BCUT2D eigenvalue weighted by Crippen LogP contribution is -2.44. The first-order chi connectivity index (χ1) is 9.55. The quantitative estimate of drug-likeness (QED) is 0.438.